The van der Waals surface area contributed by atoms with Crippen molar-refractivity contribution >= 4 is 11.7 Å². The van der Waals surface area contributed by atoms with Gasteiger partial charge in [-0.1, -0.05) is 38.0 Å². The largest absolute Gasteiger partial charge is 0.497 e. The number of ether oxygens (including phenoxy) is 2. The standard InChI is InChI=1S/C27H38N2O3/c1-18-7-6-10-27(3)15-25-22(14-24(18)27)23(26(30)32-25)17-28-11-12-29(19(2)16-28)20-8-5-9-21(13-20)31-4/h5,8-9,13-14,18-19,22-23,25H,6-7,10-12,15-17H2,1-4H3/t18-,19+,22+,23-,25+,27+/m0/s1. The molecule has 0 unspecified atom stereocenters. The minimum atomic E-state index is -0.0262. The third-order valence-corrected chi connectivity index (χ3v) is 8.63. The number of methoxy groups -OCH3 is 1. The van der Waals surface area contributed by atoms with Crippen molar-refractivity contribution in [1.82, 2.24) is 4.90 Å². The second-order valence-electron chi connectivity index (χ2n) is 10.8. The fourth-order valence-electron chi connectivity index (χ4n) is 6.91. The predicted octanol–water partition coefficient (Wildman–Crippen LogP) is 4.52. The van der Waals surface area contributed by atoms with Crippen molar-refractivity contribution in [2.45, 2.75) is 58.6 Å². The van der Waals surface area contributed by atoms with Crippen LogP contribution in [0.3, 0.4) is 0 Å². The molecular formula is C27H38N2O3. The number of rotatable bonds is 4. The molecule has 2 aliphatic carbocycles. The highest BCUT2D eigenvalue weighted by Gasteiger charge is 2.52. The average molecular weight is 439 g/mol. The molecule has 5 nitrogen and oxygen atoms in total. The molecular weight excluding hydrogens is 400 g/mol. The van der Waals surface area contributed by atoms with Crippen LogP contribution in [0.5, 0.6) is 5.75 Å². The van der Waals surface area contributed by atoms with Gasteiger partial charge >= 0.3 is 5.97 Å². The van der Waals surface area contributed by atoms with Crippen LogP contribution in [-0.4, -0.2) is 56.3 Å². The van der Waals surface area contributed by atoms with Gasteiger partial charge in [0, 0.05) is 49.9 Å². The number of carbonyl (C=O) groups excluding carboxylic acids is 1. The van der Waals surface area contributed by atoms with Gasteiger partial charge in [-0.3, -0.25) is 9.69 Å². The maximum absolute atomic E-state index is 12.9. The van der Waals surface area contributed by atoms with Gasteiger partial charge in [-0.15, -0.1) is 0 Å². The zero-order valence-electron chi connectivity index (χ0n) is 20.0. The van der Waals surface area contributed by atoms with Crippen molar-refractivity contribution in [3.8, 4) is 5.75 Å². The van der Waals surface area contributed by atoms with Gasteiger partial charge < -0.3 is 14.4 Å². The Kier molecular flexibility index (Phi) is 5.73. The topological polar surface area (TPSA) is 42.0 Å². The Morgan fingerprint density at radius 2 is 2.09 bits per heavy atom. The van der Waals surface area contributed by atoms with Gasteiger partial charge in [-0.05, 0) is 49.7 Å². The van der Waals surface area contributed by atoms with Crippen molar-refractivity contribution in [2.75, 3.05) is 38.2 Å². The molecule has 6 atom stereocenters. The van der Waals surface area contributed by atoms with Gasteiger partial charge in [0.25, 0.3) is 0 Å². The number of allylic oxidation sites excluding steroid dienone is 1. The van der Waals surface area contributed by atoms with E-state index < -0.39 is 0 Å². The molecule has 0 bridgehead atoms. The molecule has 0 aromatic heterocycles. The number of hydrogen-bond donors (Lipinski definition) is 0. The minimum Gasteiger partial charge on any atom is -0.497 e. The summed E-state index contributed by atoms with van der Waals surface area (Å²) in [6, 6.07) is 8.70. The lowest BCUT2D eigenvalue weighted by molar-refractivity contribution is -0.145. The Balaban J connectivity index is 1.28. The minimum absolute atomic E-state index is 0.0228. The van der Waals surface area contributed by atoms with Crippen LogP contribution in [0.1, 0.15) is 46.5 Å². The van der Waals surface area contributed by atoms with E-state index in [0.29, 0.717) is 12.0 Å². The first-order valence-corrected chi connectivity index (χ1v) is 12.4. The van der Waals surface area contributed by atoms with Crippen LogP contribution in [-0.2, 0) is 9.53 Å². The molecule has 2 aliphatic heterocycles. The molecule has 5 rings (SSSR count). The first kappa shape index (κ1) is 21.8. The van der Waals surface area contributed by atoms with Crippen molar-refractivity contribution in [2.24, 2.45) is 23.2 Å². The fraction of sp³-hybridized carbons (Fsp3) is 0.667. The summed E-state index contributed by atoms with van der Waals surface area (Å²) in [6.45, 7) is 10.7. The third-order valence-electron chi connectivity index (χ3n) is 8.63. The van der Waals surface area contributed by atoms with E-state index in [1.54, 1.807) is 12.7 Å². The molecule has 174 valence electrons. The first-order valence-electron chi connectivity index (χ1n) is 12.4. The number of fused-ring (bicyclic) bond motifs is 2. The Morgan fingerprint density at radius 1 is 1.25 bits per heavy atom. The van der Waals surface area contributed by atoms with Gasteiger partial charge in [-0.2, -0.15) is 0 Å². The van der Waals surface area contributed by atoms with E-state index in [2.05, 4.69) is 54.8 Å². The molecule has 0 spiro atoms. The summed E-state index contributed by atoms with van der Waals surface area (Å²) in [5.74, 6) is 1.78. The Morgan fingerprint density at radius 3 is 2.88 bits per heavy atom. The van der Waals surface area contributed by atoms with E-state index >= 15 is 0 Å². The molecule has 2 heterocycles. The van der Waals surface area contributed by atoms with E-state index in [-0.39, 0.29) is 29.3 Å². The summed E-state index contributed by atoms with van der Waals surface area (Å²) in [7, 11) is 1.71. The van der Waals surface area contributed by atoms with Crippen LogP contribution >= 0.6 is 0 Å². The van der Waals surface area contributed by atoms with Crippen LogP contribution in [0.2, 0.25) is 0 Å². The molecule has 1 aromatic carbocycles. The fourth-order valence-corrected chi connectivity index (χ4v) is 6.91. The van der Waals surface area contributed by atoms with Gasteiger partial charge in [0.05, 0.1) is 13.0 Å². The van der Waals surface area contributed by atoms with Crippen LogP contribution in [0.25, 0.3) is 0 Å². The van der Waals surface area contributed by atoms with Crippen LogP contribution in [0.15, 0.2) is 35.9 Å². The lowest BCUT2D eigenvalue weighted by Crippen LogP contribution is -2.53. The lowest BCUT2D eigenvalue weighted by Gasteiger charge is -2.46. The van der Waals surface area contributed by atoms with Gasteiger partial charge in [0.1, 0.15) is 11.9 Å². The normalized spacial score (nSPS) is 37.4. The molecule has 0 radical (unpaired) electrons. The summed E-state index contributed by atoms with van der Waals surface area (Å²) < 4.78 is 11.4. The Labute approximate surface area is 192 Å². The zero-order chi connectivity index (χ0) is 22.5. The van der Waals surface area contributed by atoms with Gasteiger partial charge in [0.15, 0.2) is 0 Å². The van der Waals surface area contributed by atoms with E-state index in [0.717, 1.165) is 38.3 Å². The highest BCUT2D eigenvalue weighted by molar-refractivity contribution is 5.76. The monoisotopic (exact) mass is 438 g/mol. The molecule has 2 saturated heterocycles. The highest BCUT2D eigenvalue weighted by Crippen LogP contribution is 2.54. The second kappa shape index (κ2) is 8.40. The quantitative estimate of drug-likeness (QED) is 0.511. The van der Waals surface area contributed by atoms with Gasteiger partial charge in [-0.25, -0.2) is 0 Å². The molecule has 5 heteroatoms. The number of piperazine rings is 1. The Hall–Kier alpha value is -2.01. The number of hydrogen-bond acceptors (Lipinski definition) is 5. The lowest BCUT2D eigenvalue weighted by atomic mass is 9.59. The average Bonchev–Trinajstić information content (AvgIpc) is 3.06. The van der Waals surface area contributed by atoms with E-state index in [9.17, 15) is 4.79 Å². The van der Waals surface area contributed by atoms with Crippen LogP contribution in [0, 0.1) is 23.2 Å². The van der Waals surface area contributed by atoms with Crippen LogP contribution < -0.4 is 9.64 Å². The summed E-state index contributed by atoms with van der Waals surface area (Å²) >= 11 is 0. The maximum atomic E-state index is 12.9. The van der Waals surface area contributed by atoms with E-state index in [1.807, 2.05) is 6.07 Å². The number of anilines is 1. The van der Waals surface area contributed by atoms with Crippen molar-refractivity contribution < 1.29 is 14.3 Å². The smallest absolute Gasteiger partial charge is 0.311 e. The summed E-state index contributed by atoms with van der Waals surface area (Å²) in [5, 5.41) is 0. The first-order chi connectivity index (χ1) is 15.4. The number of nitrogens with zero attached hydrogens (tertiary/aromatic N) is 2. The SMILES string of the molecule is COc1cccc(N2CCN(C[C@@H]3C(=O)O[C@@H]4C[C@@]5(C)CCC[C@H](C)C5=C[C@H]34)C[C@H]2C)c1. The maximum Gasteiger partial charge on any atom is 0.311 e. The highest BCUT2D eigenvalue weighted by atomic mass is 16.6. The number of carbonyl (C=O) groups is 1. The van der Waals surface area contributed by atoms with E-state index in [1.165, 1.54) is 24.9 Å². The summed E-state index contributed by atoms with van der Waals surface area (Å²) in [5.41, 5.74) is 3.04. The Bertz CT molecular complexity index is 899. The molecule has 4 aliphatic rings. The summed E-state index contributed by atoms with van der Waals surface area (Å²) in [4.78, 5) is 17.9. The zero-order valence-corrected chi connectivity index (χ0v) is 20.0. The molecule has 0 amide bonds. The van der Waals surface area contributed by atoms with Crippen molar-refractivity contribution in [1.29, 1.82) is 0 Å². The van der Waals surface area contributed by atoms with Gasteiger partial charge in [0.2, 0.25) is 0 Å². The molecule has 1 aromatic rings. The number of esters is 1. The molecule has 0 N–H and O–H groups in total. The summed E-state index contributed by atoms with van der Waals surface area (Å²) in [6.07, 6.45) is 7.36. The van der Waals surface area contributed by atoms with Crippen LogP contribution in [0.4, 0.5) is 5.69 Å². The molecule has 1 saturated carbocycles. The predicted molar refractivity (Wildman–Crippen MR) is 127 cm³/mol. The van der Waals surface area contributed by atoms with Crippen molar-refractivity contribution in [3.05, 3.63) is 35.9 Å². The third kappa shape index (κ3) is 3.83. The molecule has 32 heavy (non-hydrogen) atoms. The second-order valence-corrected chi connectivity index (χ2v) is 10.8. The molecule has 3 fully saturated rings. The van der Waals surface area contributed by atoms with E-state index in [4.69, 9.17) is 9.47 Å². The number of benzene rings is 1. The van der Waals surface area contributed by atoms with Crippen molar-refractivity contribution in [3.63, 3.8) is 0 Å².